The summed E-state index contributed by atoms with van der Waals surface area (Å²) in [6.07, 6.45) is 3.40. The molecule has 0 spiro atoms. The van der Waals surface area contributed by atoms with Crippen molar-refractivity contribution < 1.29 is 9.59 Å². The number of carbonyl (C=O) groups excluding carboxylic acids is 2. The number of carbonyl (C=O) groups is 2. The smallest absolute Gasteiger partial charge is 0.170 e. The number of unbranched alkanes of at least 4 members (excludes halogenated alkanes) is 1. The molecule has 0 fully saturated rings. The van der Waals surface area contributed by atoms with Crippen LogP contribution in [0, 0.1) is 0 Å². The van der Waals surface area contributed by atoms with Crippen molar-refractivity contribution >= 4 is 11.6 Å². The van der Waals surface area contributed by atoms with Crippen molar-refractivity contribution in [3.63, 3.8) is 0 Å². The van der Waals surface area contributed by atoms with Gasteiger partial charge in [0.2, 0.25) is 0 Å². The highest BCUT2D eigenvalue weighted by molar-refractivity contribution is 6.07. The lowest BCUT2D eigenvalue weighted by molar-refractivity contribution is -0.118. The van der Waals surface area contributed by atoms with Gasteiger partial charge in [-0.1, -0.05) is 44.5 Å². The fourth-order valence-corrected chi connectivity index (χ4v) is 1.67. The molecule has 0 heterocycles. The van der Waals surface area contributed by atoms with E-state index in [4.69, 9.17) is 0 Å². The number of hydrogen-bond donors (Lipinski definition) is 0. The molecule has 0 atom stereocenters. The van der Waals surface area contributed by atoms with Gasteiger partial charge < -0.3 is 0 Å². The van der Waals surface area contributed by atoms with Crippen molar-refractivity contribution in [2.24, 2.45) is 0 Å². The molecule has 0 unspecified atom stereocenters. The zero-order valence-electron chi connectivity index (χ0n) is 10.7. The van der Waals surface area contributed by atoms with Crippen LogP contribution in [0.2, 0.25) is 0 Å². The Kier molecular flexibility index (Phi) is 5.61. The van der Waals surface area contributed by atoms with Crippen LogP contribution < -0.4 is 0 Å². The predicted molar refractivity (Wildman–Crippen MR) is 69.3 cm³/mol. The summed E-state index contributed by atoms with van der Waals surface area (Å²) < 4.78 is 0. The van der Waals surface area contributed by atoms with Crippen LogP contribution in [0.3, 0.4) is 0 Å². The number of Topliss-reactive ketones (excluding diaryl/α,β-unsaturated/α-hetero) is 2. The number of ketones is 2. The quantitative estimate of drug-likeness (QED) is 0.532. The molecule has 0 bridgehead atoms. The minimum atomic E-state index is -0.0613. The van der Waals surface area contributed by atoms with E-state index in [1.807, 2.05) is 31.2 Å². The lowest BCUT2D eigenvalue weighted by Crippen LogP contribution is -2.08. The van der Waals surface area contributed by atoms with Gasteiger partial charge in [-0.15, -0.1) is 0 Å². The highest BCUT2D eigenvalue weighted by atomic mass is 16.1. The molecule has 0 radical (unpaired) electrons. The van der Waals surface area contributed by atoms with Gasteiger partial charge in [0.15, 0.2) is 5.78 Å². The van der Waals surface area contributed by atoms with Crippen LogP contribution in [0.1, 0.15) is 55.5 Å². The van der Waals surface area contributed by atoms with E-state index < -0.39 is 0 Å². The van der Waals surface area contributed by atoms with Crippen LogP contribution in [0.25, 0.3) is 0 Å². The van der Waals surface area contributed by atoms with Crippen molar-refractivity contribution in [2.45, 2.75) is 46.0 Å². The van der Waals surface area contributed by atoms with E-state index in [1.54, 1.807) is 0 Å². The van der Waals surface area contributed by atoms with Gasteiger partial charge in [0.1, 0.15) is 5.78 Å². The maximum Gasteiger partial charge on any atom is 0.170 e. The summed E-state index contributed by atoms with van der Waals surface area (Å²) in [7, 11) is 0. The first-order valence-corrected chi connectivity index (χ1v) is 6.31. The monoisotopic (exact) mass is 232 g/mol. The standard InChI is InChI=1S/C15H20O2/c1-3-5-6-14(16)11-15(17)13-9-7-12(4-2)8-10-13/h7-10H,3-6,11H2,1-2H3. The molecule has 92 valence electrons. The molecule has 2 nitrogen and oxygen atoms in total. The molecular weight excluding hydrogens is 212 g/mol. The third-order valence-electron chi connectivity index (χ3n) is 2.85. The Bertz CT molecular complexity index is 376. The number of benzene rings is 1. The Morgan fingerprint density at radius 1 is 1.06 bits per heavy atom. The second kappa shape index (κ2) is 7.00. The molecule has 1 rings (SSSR count). The van der Waals surface area contributed by atoms with Gasteiger partial charge in [-0.25, -0.2) is 0 Å². The summed E-state index contributed by atoms with van der Waals surface area (Å²) in [5, 5.41) is 0. The number of hydrogen-bond acceptors (Lipinski definition) is 2. The molecular formula is C15H20O2. The molecule has 0 aliphatic rings. The van der Waals surface area contributed by atoms with Gasteiger partial charge in [0.25, 0.3) is 0 Å². The highest BCUT2D eigenvalue weighted by Crippen LogP contribution is 2.09. The highest BCUT2D eigenvalue weighted by Gasteiger charge is 2.11. The molecule has 0 saturated carbocycles. The predicted octanol–water partition coefficient (Wildman–Crippen LogP) is 3.58. The topological polar surface area (TPSA) is 34.1 Å². The van der Waals surface area contributed by atoms with Gasteiger partial charge >= 0.3 is 0 Å². The van der Waals surface area contributed by atoms with Gasteiger partial charge in [-0.05, 0) is 18.4 Å². The van der Waals surface area contributed by atoms with Gasteiger partial charge in [-0.3, -0.25) is 9.59 Å². The summed E-state index contributed by atoms with van der Waals surface area (Å²) in [5.41, 5.74) is 1.85. The first kappa shape index (κ1) is 13.6. The first-order chi connectivity index (χ1) is 8.17. The second-order valence-electron chi connectivity index (χ2n) is 4.29. The van der Waals surface area contributed by atoms with E-state index in [0.29, 0.717) is 12.0 Å². The molecule has 0 saturated heterocycles. The molecule has 1 aromatic carbocycles. The first-order valence-electron chi connectivity index (χ1n) is 6.31. The number of rotatable bonds is 7. The third kappa shape index (κ3) is 4.51. The summed E-state index contributed by atoms with van der Waals surface area (Å²) in [6.45, 7) is 4.11. The Hall–Kier alpha value is -1.44. The summed E-state index contributed by atoms with van der Waals surface area (Å²) in [5.74, 6) is -0.00910. The van der Waals surface area contributed by atoms with Gasteiger partial charge in [-0.2, -0.15) is 0 Å². The maximum atomic E-state index is 11.8. The molecule has 1 aromatic rings. The van der Waals surface area contributed by atoms with Gasteiger partial charge in [0, 0.05) is 12.0 Å². The summed E-state index contributed by atoms with van der Waals surface area (Å²) in [4.78, 5) is 23.3. The lowest BCUT2D eigenvalue weighted by atomic mass is 10.0. The van der Waals surface area contributed by atoms with Crippen LogP contribution in [-0.2, 0) is 11.2 Å². The zero-order valence-corrected chi connectivity index (χ0v) is 10.7. The average molecular weight is 232 g/mol. The Morgan fingerprint density at radius 3 is 2.24 bits per heavy atom. The molecule has 17 heavy (non-hydrogen) atoms. The Labute approximate surface area is 103 Å². The minimum Gasteiger partial charge on any atom is -0.299 e. The lowest BCUT2D eigenvalue weighted by Gasteiger charge is -2.02. The van der Waals surface area contributed by atoms with E-state index in [1.165, 1.54) is 5.56 Å². The van der Waals surface area contributed by atoms with Crippen LogP contribution in [0.4, 0.5) is 0 Å². The van der Waals surface area contributed by atoms with E-state index in [0.717, 1.165) is 19.3 Å². The van der Waals surface area contributed by atoms with Crippen molar-refractivity contribution in [1.82, 2.24) is 0 Å². The maximum absolute atomic E-state index is 11.8. The fourth-order valence-electron chi connectivity index (χ4n) is 1.67. The second-order valence-corrected chi connectivity index (χ2v) is 4.29. The molecule has 0 aliphatic carbocycles. The molecule has 2 heteroatoms. The van der Waals surface area contributed by atoms with Crippen molar-refractivity contribution in [1.29, 1.82) is 0 Å². The Balaban J connectivity index is 2.54. The average Bonchev–Trinajstić information content (AvgIpc) is 2.36. The summed E-state index contributed by atoms with van der Waals surface area (Å²) in [6, 6.07) is 7.52. The molecule has 0 amide bonds. The van der Waals surface area contributed by atoms with Crippen LogP contribution >= 0.6 is 0 Å². The molecule has 0 aromatic heterocycles. The normalized spacial score (nSPS) is 10.2. The van der Waals surface area contributed by atoms with Crippen LogP contribution in [0.15, 0.2) is 24.3 Å². The van der Waals surface area contributed by atoms with E-state index in [-0.39, 0.29) is 18.0 Å². The summed E-state index contributed by atoms with van der Waals surface area (Å²) >= 11 is 0. The van der Waals surface area contributed by atoms with Crippen molar-refractivity contribution in [2.75, 3.05) is 0 Å². The van der Waals surface area contributed by atoms with Crippen molar-refractivity contribution in [3.05, 3.63) is 35.4 Å². The minimum absolute atomic E-state index is 0.0471. The largest absolute Gasteiger partial charge is 0.299 e. The van der Waals surface area contributed by atoms with Gasteiger partial charge in [0.05, 0.1) is 6.42 Å². The third-order valence-corrected chi connectivity index (χ3v) is 2.85. The fraction of sp³-hybridized carbons (Fsp3) is 0.467. The molecule has 0 aliphatic heterocycles. The Morgan fingerprint density at radius 2 is 1.71 bits per heavy atom. The number of aryl methyl sites for hydroxylation is 1. The molecule has 0 N–H and O–H groups in total. The van der Waals surface area contributed by atoms with Crippen LogP contribution in [0.5, 0.6) is 0 Å². The SMILES string of the molecule is CCCCC(=O)CC(=O)c1ccc(CC)cc1. The van der Waals surface area contributed by atoms with E-state index in [2.05, 4.69) is 6.92 Å². The van der Waals surface area contributed by atoms with Crippen LogP contribution in [-0.4, -0.2) is 11.6 Å². The zero-order chi connectivity index (χ0) is 12.7. The van der Waals surface area contributed by atoms with E-state index in [9.17, 15) is 9.59 Å². The van der Waals surface area contributed by atoms with Crippen molar-refractivity contribution in [3.8, 4) is 0 Å². The van der Waals surface area contributed by atoms with E-state index >= 15 is 0 Å².